The van der Waals surface area contributed by atoms with E-state index in [1.807, 2.05) is 51.1 Å². The molecule has 0 atom stereocenters. The first-order valence-corrected chi connectivity index (χ1v) is 13.4. The predicted molar refractivity (Wildman–Crippen MR) is 145 cm³/mol. The number of amides is 1. The second kappa shape index (κ2) is 10.9. The van der Waals surface area contributed by atoms with Crippen LogP contribution in [-0.4, -0.2) is 30.7 Å². The minimum Gasteiger partial charge on any atom is -0.490 e. The summed E-state index contributed by atoms with van der Waals surface area (Å²) in [5, 5.41) is 6.34. The normalized spacial score (nSPS) is 17.6. The van der Waals surface area contributed by atoms with Crippen LogP contribution < -0.4 is 20.1 Å². The Hall–Kier alpha value is -3.87. The molecule has 1 heterocycles. The number of ether oxygens (including phenoxy) is 2. The van der Waals surface area contributed by atoms with E-state index in [1.54, 1.807) is 6.07 Å². The highest BCUT2D eigenvalue weighted by Gasteiger charge is 2.40. The molecule has 198 valence electrons. The van der Waals surface area contributed by atoms with Crippen molar-refractivity contribution >= 4 is 23.2 Å². The zero-order valence-electron chi connectivity index (χ0n) is 22.2. The van der Waals surface area contributed by atoms with Gasteiger partial charge in [-0.3, -0.25) is 14.4 Å². The molecule has 7 heteroatoms. The molecule has 1 amide bonds. The van der Waals surface area contributed by atoms with Gasteiger partial charge in [0.25, 0.3) is 5.91 Å². The van der Waals surface area contributed by atoms with Crippen molar-refractivity contribution in [3.8, 4) is 11.5 Å². The topological polar surface area (TPSA) is 93.7 Å². The predicted octanol–water partition coefficient (Wildman–Crippen LogP) is 5.42. The number of rotatable bonds is 7. The monoisotopic (exact) mass is 514 g/mol. The van der Waals surface area contributed by atoms with Crippen molar-refractivity contribution in [2.24, 2.45) is 0 Å². The number of Topliss-reactive ketones (excluding diaryl/α,β-unsaturated/α-hetero) is 2. The van der Waals surface area contributed by atoms with E-state index >= 15 is 0 Å². The third-order valence-electron chi connectivity index (χ3n) is 7.41. The number of nitrogens with one attached hydrogen (secondary N) is 2. The quantitative estimate of drug-likeness (QED) is 0.512. The summed E-state index contributed by atoms with van der Waals surface area (Å²) in [5.41, 5.74) is 6.98. The summed E-state index contributed by atoms with van der Waals surface area (Å²) in [5.74, 6) is 0.423. The zero-order valence-corrected chi connectivity index (χ0v) is 22.2. The Morgan fingerprint density at radius 3 is 2.21 bits per heavy atom. The van der Waals surface area contributed by atoms with Crippen molar-refractivity contribution < 1.29 is 23.9 Å². The summed E-state index contributed by atoms with van der Waals surface area (Å²) in [6.45, 7) is 6.06. The van der Waals surface area contributed by atoms with Crippen LogP contribution in [0.2, 0.25) is 0 Å². The molecule has 2 aromatic rings. The number of hydrogen-bond donors (Lipinski definition) is 2. The summed E-state index contributed by atoms with van der Waals surface area (Å²) in [4.78, 5) is 38.8. The number of anilines is 1. The molecular weight excluding hydrogens is 480 g/mol. The van der Waals surface area contributed by atoms with Crippen LogP contribution in [0.4, 0.5) is 5.69 Å². The summed E-state index contributed by atoms with van der Waals surface area (Å²) in [7, 11) is 0. The second-order valence-corrected chi connectivity index (χ2v) is 10.2. The number of allylic oxidation sites excluding steroid dienone is 4. The van der Waals surface area contributed by atoms with Crippen LogP contribution >= 0.6 is 0 Å². The van der Waals surface area contributed by atoms with Crippen molar-refractivity contribution in [1.82, 2.24) is 5.32 Å². The van der Waals surface area contributed by atoms with Crippen LogP contribution in [0.3, 0.4) is 0 Å². The summed E-state index contributed by atoms with van der Waals surface area (Å²) < 4.78 is 11.8. The molecule has 5 rings (SSSR count). The van der Waals surface area contributed by atoms with Gasteiger partial charge in [-0.05, 0) is 75.8 Å². The fraction of sp³-hybridized carbons (Fsp3) is 0.387. The largest absolute Gasteiger partial charge is 0.490 e. The Morgan fingerprint density at radius 2 is 1.58 bits per heavy atom. The first kappa shape index (κ1) is 25.8. The number of dihydropyridines is 1. The molecule has 1 aliphatic heterocycles. The highest BCUT2D eigenvalue weighted by molar-refractivity contribution is 6.06. The van der Waals surface area contributed by atoms with Crippen molar-refractivity contribution in [3.05, 3.63) is 75.6 Å². The van der Waals surface area contributed by atoms with Crippen LogP contribution in [0.15, 0.2) is 58.9 Å². The molecule has 0 radical (unpaired) electrons. The molecule has 38 heavy (non-hydrogen) atoms. The third kappa shape index (κ3) is 5.10. The molecule has 0 bridgehead atoms. The Balaban J connectivity index is 1.42. The van der Waals surface area contributed by atoms with E-state index in [4.69, 9.17) is 9.47 Å². The highest BCUT2D eigenvalue weighted by atomic mass is 16.5. The molecule has 0 spiro atoms. The van der Waals surface area contributed by atoms with Crippen molar-refractivity contribution in [1.29, 1.82) is 0 Å². The third-order valence-corrected chi connectivity index (χ3v) is 7.41. The van der Waals surface area contributed by atoms with Crippen molar-refractivity contribution in [3.63, 3.8) is 0 Å². The molecule has 7 nitrogen and oxygen atoms in total. The average molecular weight is 515 g/mol. The van der Waals surface area contributed by atoms with Gasteiger partial charge in [-0.1, -0.05) is 23.8 Å². The molecule has 0 aromatic heterocycles. The Kier molecular flexibility index (Phi) is 7.36. The lowest BCUT2D eigenvalue weighted by Crippen LogP contribution is -2.36. The molecule has 0 saturated heterocycles. The van der Waals surface area contributed by atoms with Gasteiger partial charge in [-0.2, -0.15) is 0 Å². The first-order valence-electron chi connectivity index (χ1n) is 13.4. The van der Waals surface area contributed by atoms with E-state index in [0.717, 1.165) is 59.5 Å². The molecule has 0 unspecified atom stereocenters. The highest BCUT2D eigenvalue weighted by Crippen LogP contribution is 2.46. The number of aryl methyl sites for hydroxylation is 2. The Labute approximate surface area is 223 Å². The SMILES string of the molecule is CCOc1cc(C2C3=C(CCCC3=O)NC3=C2C(=O)CCC3)ccc1OCC(=O)Nc1ccc(C)cc1C. The van der Waals surface area contributed by atoms with Crippen LogP contribution in [0, 0.1) is 13.8 Å². The fourth-order valence-electron chi connectivity index (χ4n) is 5.69. The standard InChI is InChI=1S/C31H34N2O5/c1-4-37-27-16-20(12-14-26(27)38-17-28(36)33-21-13-11-18(2)15-19(21)3)29-30-22(7-5-9-24(30)34)32-23-8-6-10-25(35)31(23)29/h11-16,29,32H,4-10,17H2,1-3H3,(H,33,36). The smallest absolute Gasteiger partial charge is 0.262 e. The maximum atomic E-state index is 13.1. The van der Waals surface area contributed by atoms with Gasteiger partial charge in [0.15, 0.2) is 29.7 Å². The van der Waals surface area contributed by atoms with Crippen LogP contribution in [-0.2, 0) is 14.4 Å². The maximum Gasteiger partial charge on any atom is 0.262 e. The second-order valence-electron chi connectivity index (χ2n) is 10.2. The van der Waals surface area contributed by atoms with Crippen molar-refractivity contribution in [2.75, 3.05) is 18.5 Å². The first-order chi connectivity index (χ1) is 18.4. The van der Waals surface area contributed by atoms with E-state index in [-0.39, 0.29) is 24.1 Å². The van der Waals surface area contributed by atoms with Crippen LogP contribution in [0.1, 0.15) is 68.1 Å². The van der Waals surface area contributed by atoms with E-state index < -0.39 is 5.92 Å². The number of carbonyl (C=O) groups is 3. The van der Waals surface area contributed by atoms with Gasteiger partial charge >= 0.3 is 0 Å². The average Bonchev–Trinajstić information content (AvgIpc) is 2.89. The number of ketones is 2. The van der Waals surface area contributed by atoms with E-state index in [2.05, 4.69) is 10.6 Å². The van der Waals surface area contributed by atoms with Gasteiger partial charge in [-0.25, -0.2) is 0 Å². The van der Waals surface area contributed by atoms with Crippen LogP contribution in [0.25, 0.3) is 0 Å². The van der Waals surface area contributed by atoms with Crippen LogP contribution in [0.5, 0.6) is 11.5 Å². The molecule has 0 saturated carbocycles. The van der Waals surface area contributed by atoms with Gasteiger partial charge in [-0.15, -0.1) is 0 Å². The number of hydrogen-bond acceptors (Lipinski definition) is 6. The zero-order chi connectivity index (χ0) is 26.8. The van der Waals surface area contributed by atoms with Gasteiger partial charge in [0, 0.05) is 47.0 Å². The summed E-state index contributed by atoms with van der Waals surface area (Å²) >= 11 is 0. The molecule has 0 fully saturated rings. The van der Waals surface area contributed by atoms with E-state index in [9.17, 15) is 14.4 Å². The minimum atomic E-state index is -0.414. The van der Waals surface area contributed by atoms with Crippen molar-refractivity contribution in [2.45, 2.75) is 65.2 Å². The Morgan fingerprint density at radius 1 is 0.895 bits per heavy atom. The number of benzene rings is 2. The maximum absolute atomic E-state index is 13.1. The van der Waals surface area contributed by atoms with E-state index in [1.165, 1.54) is 0 Å². The molecule has 2 aliphatic carbocycles. The molecule has 3 aliphatic rings. The molecule has 2 aromatic carbocycles. The lowest BCUT2D eigenvalue weighted by atomic mass is 9.71. The van der Waals surface area contributed by atoms with Gasteiger partial charge in [0.2, 0.25) is 0 Å². The molecular formula is C31H34N2O5. The Bertz CT molecular complexity index is 1330. The van der Waals surface area contributed by atoms with Gasteiger partial charge < -0.3 is 20.1 Å². The van der Waals surface area contributed by atoms with Gasteiger partial charge in [0.05, 0.1) is 6.61 Å². The van der Waals surface area contributed by atoms with E-state index in [0.29, 0.717) is 42.1 Å². The molecule has 2 N–H and O–H groups in total. The lowest BCUT2D eigenvalue weighted by Gasteiger charge is -2.37. The lowest BCUT2D eigenvalue weighted by molar-refractivity contribution is -0.118. The minimum absolute atomic E-state index is 0.0926. The number of carbonyl (C=O) groups excluding carboxylic acids is 3. The fourth-order valence-corrected chi connectivity index (χ4v) is 5.69. The summed E-state index contributed by atoms with van der Waals surface area (Å²) in [6.07, 6.45) is 4.21. The van der Waals surface area contributed by atoms with Gasteiger partial charge in [0.1, 0.15) is 0 Å². The summed E-state index contributed by atoms with van der Waals surface area (Å²) in [6, 6.07) is 11.4.